The van der Waals surface area contributed by atoms with Crippen molar-refractivity contribution >= 4 is 28.6 Å². The number of rotatable bonds is 6. The first-order chi connectivity index (χ1) is 9.79. The van der Waals surface area contributed by atoms with Crippen LogP contribution in [0.5, 0.6) is 0 Å². The molecule has 5 heteroatoms. The van der Waals surface area contributed by atoms with Gasteiger partial charge in [0.1, 0.15) is 0 Å². The van der Waals surface area contributed by atoms with Crippen molar-refractivity contribution in [1.82, 2.24) is 10.6 Å². The number of hydrogen-bond acceptors (Lipinski definition) is 3. The van der Waals surface area contributed by atoms with Crippen LogP contribution in [0.1, 0.15) is 29.5 Å². The lowest BCUT2D eigenvalue weighted by Gasteiger charge is -2.14. The quantitative estimate of drug-likeness (QED) is 0.631. The zero-order valence-corrected chi connectivity index (χ0v) is 13.6. The summed E-state index contributed by atoms with van der Waals surface area (Å²) in [5.41, 5.74) is 0. The third kappa shape index (κ3) is 4.65. The minimum Gasteiger partial charge on any atom is -0.357 e. The van der Waals surface area contributed by atoms with E-state index >= 15 is 0 Å². The summed E-state index contributed by atoms with van der Waals surface area (Å²) in [5.74, 6) is 1.39. The second-order valence-corrected chi connectivity index (χ2v) is 6.58. The number of nitrogens with one attached hydrogen (secondary N) is 2. The number of guanidine groups is 1. The molecular weight excluding hydrogens is 286 g/mol. The molecule has 0 aliphatic heterocycles. The zero-order valence-electron chi connectivity index (χ0n) is 11.9. The van der Waals surface area contributed by atoms with Gasteiger partial charge in [0, 0.05) is 28.8 Å². The van der Waals surface area contributed by atoms with Gasteiger partial charge in [-0.1, -0.05) is 19.1 Å². The molecule has 0 aliphatic rings. The van der Waals surface area contributed by atoms with Crippen LogP contribution in [-0.4, -0.2) is 19.0 Å². The SMILES string of the molecule is CCNC(=NCc1cccs1)NCC(C)c1cccs1. The van der Waals surface area contributed by atoms with Crippen LogP contribution in [0.15, 0.2) is 40.0 Å². The van der Waals surface area contributed by atoms with Crippen LogP contribution in [0, 0.1) is 0 Å². The van der Waals surface area contributed by atoms with Crippen molar-refractivity contribution < 1.29 is 0 Å². The van der Waals surface area contributed by atoms with Crippen molar-refractivity contribution in [3.63, 3.8) is 0 Å². The zero-order chi connectivity index (χ0) is 14.2. The minimum absolute atomic E-state index is 0.501. The van der Waals surface area contributed by atoms with Gasteiger partial charge in [0.25, 0.3) is 0 Å². The molecule has 2 N–H and O–H groups in total. The number of hydrogen-bond donors (Lipinski definition) is 2. The van der Waals surface area contributed by atoms with E-state index in [4.69, 9.17) is 0 Å². The maximum atomic E-state index is 4.62. The van der Waals surface area contributed by atoms with Gasteiger partial charge in [0.2, 0.25) is 0 Å². The predicted octanol–water partition coefficient (Wildman–Crippen LogP) is 3.67. The molecule has 0 amide bonds. The molecule has 108 valence electrons. The maximum Gasteiger partial charge on any atom is 0.191 e. The highest BCUT2D eigenvalue weighted by Gasteiger charge is 2.07. The van der Waals surface area contributed by atoms with Gasteiger partial charge in [-0.25, -0.2) is 4.99 Å². The van der Waals surface area contributed by atoms with Gasteiger partial charge in [-0.2, -0.15) is 0 Å². The lowest BCUT2D eigenvalue weighted by molar-refractivity contribution is 0.709. The lowest BCUT2D eigenvalue weighted by atomic mass is 10.1. The molecule has 3 nitrogen and oxygen atoms in total. The third-order valence-electron chi connectivity index (χ3n) is 2.92. The van der Waals surface area contributed by atoms with E-state index in [9.17, 15) is 0 Å². The Morgan fingerprint density at radius 2 is 2.00 bits per heavy atom. The van der Waals surface area contributed by atoms with Crippen molar-refractivity contribution in [3.05, 3.63) is 44.8 Å². The Bertz CT molecular complexity index is 503. The fourth-order valence-electron chi connectivity index (χ4n) is 1.82. The maximum absolute atomic E-state index is 4.62. The van der Waals surface area contributed by atoms with Gasteiger partial charge in [-0.3, -0.25) is 0 Å². The molecule has 2 rings (SSSR count). The summed E-state index contributed by atoms with van der Waals surface area (Å²) < 4.78 is 0. The Labute approximate surface area is 128 Å². The molecule has 0 saturated carbocycles. The molecule has 1 unspecified atom stereocenters. The molecule has 0 aromatic carbocycles. The first-order valence-electron chi connectivity index (χ1n) is 6.87. The van der Waals surface area contributed by atoms with E-state index in [1.807, 2.05) is 11.3 Å². The van der Waals surface area contributed by atoms with E-state index < -0.39 is 0 Å². The standard InChI is InChI=1S/C15H21N3S2/c1-3-16-15(18-11-13-6-4-8-19-13)17-10-12(2)14-7-5-9-20-14/h4-9,12H,3,10-11H2,1-2H3,(H2,16,17,18). The van der Waals surface area contributed by atoms with Gasteiger partial charge >= 0.3 is 0 Å². The van der Waals surface area contributed by atoms with E-state index in [0.717, 1.165) is 25.6 Å². The molecule has 0 radical (unpaired) electrons. The summed E-state index contributed by atoms with van der Waals surface area (Å²) in [4.78, 5) is 7.31. The highest BCUT2D eigenvalue weighted by atomic mass is 32.1. The Morgan fingerprint density at radius 1 is 1.20 bits per heavy atom. The minimum atomic E-state index is 0.501. The average molecular weight is 307 g/mol. The molecular formula is C15H21N3S2. The molecule has 1 atom stereocenters. The highest BCUT2D eigenvalue weighted by molar-refractivity contribution is 7.10. The largest absolute Gasteiger partial charge is 0.357 e. The monoisotopic (exact) mass is 307 g/mol. The fraction of sp³-hybridized carbons (Fsp3) is 0.400. The number of thiophene rings is 2. The lowest BCUT2D eigenvalue weighted by Crippen LogP contribution is -2.38. The Balaban J connectivity index is 1.87. The van der Waals surface area contributed by atoms with Crippen molar-refractivity contribution in [2.24, 2.45) is 4.99 Å². The van der Waals surface area contributed by atoms with Crippen LogP contribution in [0.25, 0.3) is 0 Å². The molecule has 0 aliphatic carbocycles. The van der Waals surface area contributed by atoms with Gasteiger partial charge in [-0.15, -0.1) is 22.7 Å². The number of nitrogens with zero attached hydrogens (tertiary/aromatic N) is 1. The van der Waals surface area contributed by atoms with Crippen LogP contribution in [-0.2, 0) is 6.54 Å². The summed E-state index contributed by atoms with van der Waals surface area (Å²) in [6.45, 7) is 6.84. The normalized spacial score (nSPS) is 13.2. The van der Waals surface area contributed by atoms with Crippen LogP contribution in [0.3, 0.4) is 0 Å². The van der Waals surface area contributed by atoms with Crippen molar-refractivity contribution in [2.75, 3.05) is 13.1 Å². The van der Waals surface area contributed by atoms with Crippen LogP contribution in [0.4, 0.5) is 0 Å². The van der Waals surface area contributed by atoms with Crippen LogP contribution < -0.4 is 10.6 Å². The molecule has 2 aromatic rings. The second kappa shape index (κ2) is 8.07. The predicted molar refractivity (Wildman–Crippen MR) is 89.9 cm³/mol. The molecule has 0 spiro atoms. The Kier molecular flexibility index (Phi) is 6.08. The fourth-order valence-corrected chi connectivity index (χ4v) is 3.24. The van der Waals surface area contributed by atoms with E-state index in [1.165, 1.54) is 9.75 Å². The van der Waals surface area contributed by atoms with Gasteiger partial charge in [0.05, 0.1) is 6.54 Å². The molecule has 20 heavy (non-hydrogen) atoms. The molecule has 2 aromatic heterocycles. The van der Waals surface area contributed by atoms with E-state index in [-0.39, 0.29) is 0 Å². The summed E-state index contributed by atoms with van der Waals surface area (Å²) >= 11 is 3.55. The highest BCUT2D eigenvalue weighted by Crippen LogP contribution is 2.19. The van der Waals surface area contributed by atoms with E-state index in [1.54, 1.807) is 11.3 Å². The second-order valence-electron chi connectivity index (χ2n) is 4.57. The van der Waals surface area contributed by atoms with Gasteiger partial charge in [-0.05, 0) is 29.8 Å². The van der Waals surface area contributed by atoms with Crippen molar-refractivity contribution in [2.45, 2.75) is 26.3 Å². The third-order valence-corrected chi connectivity index (χ3v) is 4.89. The summed E-state index contributed by atoms with van der Waals surface area (Å²) in [7, 11) is 0. The summed E-state index contributed by atoms with van der Waals surface area (Å²) in [6, 6.07) is 8.47. The summed E-state index contributed by atoms with van der Waals surface area (Å²) in [6.07, 6.45) is 0. The van der Waals surface area contributed by atoms with Crippen molar-refractivity contribution in [3.8, 4) is 0 Å². The summed E-state index contributed by atoms with van der Waals surface area (Å²) in [5, 5.41) is 10.9. The molecule has 0 saturated heterocycles. The first kappa shape index (κ1) is 15.1. The van der Waals surface area contributed by atoms with Gasteiger partial charge in [0.15, 0.2) is 5.96 Å². The van der Waals surface area contributed by atoms with Crippen LogP contribution >= 0.6 is 22.7 Å². The smallest absolute Gasteiger partial charge is 0.191 e. The first-order valence-corrected chi connectivity index (χ1v) is 8.63. The number of aliphatic imine (C=N–C) groups is 1. The van der Waals surface area contributed by atoms with Crippen molar-refractivity contribution in [1.29, 1.82) is 0 Å². The average Bonchev–Trinajstić information content (AvgIpc) is 3.13. The topological polar surface area (TPSA) is 36.4 Å². The Hall–Kier alpha value is -1.33. The molecule has 0 fully saturated rings. The van der Waals surface area contributed by atoms with Crippen LogP contribution in [0.2, 0.25) is 0 Å². The molecule has 2 heterocycles. The van der Waals surface area contributed by atoms with Gasteiger partial charge < -0.3 is 10.6 Å². The molecule has 0 bridgehead atoms. The Morgan fingerprint density at radius 3 is 2.65 bits per heavy atom. The van der Waals surface area contributed by atoms with E-state index in [2.05, 4.69) is 64.5 Å². The van der Waals surface area contributed by atoms with E-state index in [0.29, 0.717) is 5.92 Å².